The lowest BCUT2D eigenvalue weighted by Crippen LogP contribution is -2.34. The Hall–Kier alpha value is -2.47. The third-order valence-electron chi connectivity index (χ3n) is 4.30. The van der Waals surface area contributed by atoms with Crippen LogP contribution >= 0.6 is 0 Å². The fraction of sp³-hybridized carbons (Fsp3) is 0.421. The molecule has 1 aliphatic rings. The second-order valence-corrected chi connectivity index (χ2v) is 6.25. The van der Waals surface area contributed by atoms with Crippen molar-refractivity contribution in [2.75, 3.05) is 20.3 Å². The molecule has 1 saturated heterocycles. The van der Waals surface area contributed by atoms with Gasteiger partial charge in [-0.15, -0.1) is 0 Å². The number of ether oxygens (including phenoxy) is 2. The highest BCUT2D eigenvalue weighted by Crippen LogP contribution is 2.32. The zero-order valence-corrected chi connectivity index (χ0v) is 14.9. The Morgan fingerprint density at radius 3 is 2.84 bits per heavy atom. The minimum absolute atomic E-state index is 0.0310. The highest BCUT2D eigenvalue weighted by Gasteiger charge is 2.32. The minimum Gasteiger partial charge on any atom is -0.439 e. The van der Waals surface area contributed by atoms with Crippen molar-refractivity contribution in [1.82, 2.24) is 14.9 Å². The van der Waals surface area contributed by atoms with Crippen LogP contribution in [0.5, 0.6) is 11.6 Å². The molecule has 1 aromatic heterocycles. The fourth-order valence-electron chi connectivity index (χ4n) is 3.09. The van der Waals surface area contributed by atoms with E-state index < -0.39 is 0 Å². The van der Waals surface area contributed by atoms with Crippen molar-refractivity contribution in [2.24, 2.45) is 0 Å². The maximum atomic E-state index is 12.2. The van der Waals surface area contributed by atoms with Crippen molar-refractivity contribution < 1.29 is 14.3 Å². The van der Waals surface area contributed by atoms with Gasteiger partial charge in [0.1, 0.15) is 12.4 Å². The summed E-state index contributed by atoms with van der Waals surface area (Å²) < 4.78 is 10.9. The molecule has 0 unspecified atom stereocenters. The number of methoxy groups -OCH3 is 1. The summed E-state index contributed by atoms with van der Waals surface area (Å²) in [6.07, 6.45) is 1.79. The second-order valence-electron chi connectivity index (χ2n) is 6.25. The Morgan fingerprint density at radius 1 is 1.28 bits per heavy atom. The maximum Gasteiger partial charge on any atom is 0.249 e. The van der Waals surface area contributed by atoms with E-state index in [2.05, 4.69) is 9.97 Å². The van der Waals surface area contributed by atoms with Crippen LogP contribution in [-0.2, 0) is 9.53 Å². The van der Waals surface area contributed by atoms with Crippen LogP contribution < -0.4 is 4.74 Å². The first-order valence-electron chi connectivity index (χ1n) is 8.46. The molecule has 0 spiro atoms. The molecule has 6 heteroatoms. The zero-order chi connectivity index (χ0) is 17.8. The van der Waals surface area contributed by atoms with E-state index in [0.717, 1.165) is 29.8 Å². The first-order valence-corrected chi connectivity index (χ1v) is 8.46. The SMILES string of the molecule is COCC(=O)N1CCC[C@@H]1c1nc(C)cc(Oc2ccccc2C)n1. The van der Waals surface area contributed by atoms with Gasteiger partial charge in [-0.3, -0.25) is 4.79 Å². The van der Waals surface area contributed by atoms with Crippen LogP contribution in [0.1, 0.15) is 36.0 Å². The summed E-state index contributed by atoms with van der Waals surface area (Å²) >= 11 is 0. The van der Waals surface area contributed by atoms with Crippen molar-refractivity contribution in [3.8, 4) is 11.6 Å². The summed E-state index contributed by atoms with van der Waals surface area (Å²) in [6, 6.07) is 9.49. The van der Waals surface area contributed by atoms with Crippen LogP contribution in [0.2, 0.25) is 0 Å². The van der Waals surface area contributed by atoms with Crippen LogP contribution in [0.4, 0.5) is 0 Å². The van der Waals surface area contributed by atoms with Crippen LogP contribution in [-0.4, -0.2) is 41.0 Å². The standard InChI is InChI=1S/C19H23N3O3/c1-13-7-4-5-9-16(13)25-17-11-14(2)20-19(21-17)15-8-6-10-22(15)18(23)12-24-3/h4-5,7,9,11,15H,6,8,10,12H2,1-3H3/t15-/m1/s1. The predicted molar refractivity (Wildman–Crippen MR) is 93.6 cm³/mol. The molecule has 1 aliphatic heterocycles. The van der Waals surface area contributed by atoms with Gasteiger partial charge in [0.05, 0.1) is 6.04 Å². The van der Waals surface area contributed by atoms with E-state index in [0.29, 0.717) is 18.2 Å². The lowest BCUT2D eigenvalue weighted by Gasteiger charge is -2.23. The number of aromatic nitrogens is 2. The summed E-state index contributed by atoms with van der Waals surface area (Å²) in [6.45, 7) is 4.69. The molecule has 132 valence electrons. The Bertz CT molecular complexity index is 763. The Morgan fingerprint density at radius 2 is 2.08 bits per heavy atom. The Kier molecular flexibility index (Phi) is 5.28. The topological polar surface area (TPSA) is 64.5 Å². The van der Waals surface area contributed by atoms with E-state index >= 15 is 0 Å². The van der Waals surface area contributed by atoms with Gasteiger partial charge < -0.3 is 14.4 Å². The molecule has 0 N–H and O–H groups in total. The Balaban J connectivity index is 1.86. The van der Waals surface area contributed by atoms with Crippen molar-refractivity contribution in [1.29, 1.82) is 0 Å². The number of carbonyl (C=O) groups excluding carboxylic acids is 1. The van der Waals surface area contributed by atoms with Gasteiger partial charge in [0.25, 0.3) is 0 Å². The van der Waals surface area contributed by atoms with Crippen molar-refractivity contribution >= 4 is 5.91 Å². The molecule has 25 heavy (non-hydrogen) atoms. The first-order chi connectivity index (χ1) is 12.1. The molecular weight excluding hydrogens is 318 g/mol. The lowest BCUT2D eigenvalue weighted by molar-refractivity contribution is -0.136. The number of hydrogen-bond donors (Lipinski definition) is 0. The van der Waals surface area contributed by atoms with Crippen molar-refractivity contribution in [3.63, 3.8) is 0 Å². The lowest BCUT2D eigenvalue weighted by atomic mass is 10.2. The van der Waals surface area contributed by atoms with Gasteiger partial charge in [0.2, 0.25) is 11.8 Å². The monoisotopic (exact) mass is 341 g/mol. The number of carbonyl (C=O) groups is 1. The molecule has 3 rings (SSSR count). The van der Waals surface area contributed by atoms with Gasteiger partial charge >= 0.3 is 0 Å². The van der Waals surface area contributed by atoms with Gasteiger partial charge in [0, 0.05) is 25.4 Å². The molecule has 1 aromatic carbocycles. The summed E-state index contributed by atoms with van der Waals surface area (Å²) in [7, 11) is 1.53. The average Bonchev–Trinajstić information content (AvgIpc) is 3.06. The fourth-order valence-corrected chi connectivity index (χ4v) is 3.09. The van der Waals surface area contributed by atoms with E-state index in [4.69, 9.17) is 9.47 Å². The number of likely N-dealkylation sites (tertiary alicyclic amines) is 1. The van der Waals surface area contributed by atoms with Gasteiger partial charge in [-0.2, -0.15) is 4.98 Å². The second kappa shape index (κ2) is 7.61. The van der Waals surface area contributed by atoms with Gasteiger partial charge in [-0.1, -0.05) is 18.2 Å². The normalized spacial score (nSPS) is 16.9. The van der Waals surface area contributed by atoms with E-state index in [1.807, 2.05) is 44.2 Å². The van der Waals surface area contributed by atoms with Crippen molar-refractivity contribution in [2.45, 2.75) is 32.7 Å². The number of benzene rings is 1. The number of hydrogen-bond acceptors (Lipinski definition) is 5. The first kappa shape index (κ1) is 17.4. The average molecular weight is 341 g/mol. The molecule has 1 amide bonds. The van der Waals surface area contributed by atoms with Crippen LogP contribution in [0.3, 0.4) is 0 Å². The molecule has 1 atom stereocenters. The molecule has 6 nitrogen and oxygen atoms in total. The van der Waals surface area contributed by atoms with E-state index in [1.165, 1.54) is 7.11 Å². The molecule has 0 saturated carbocycles. The van der Waals surface area contributed by atoms with E-state index in [1.54, 1.807) is 4.90 Å². The highest BCUT2D eigenvalue weighted by atomic mass is 16.5. The molecule has 0 aliphatic carbocycles. The summed E-state index contributed by atoms with van der Waals surface area (Å²) in [4.78, 5) is 23.2. The summed E-state index contributed by atoms with van der Waals surface area (Å²) in [5, 5.41) is 0. The number of rotatable bonds is 5. The summed E-state index contributed by atoms with van der Waals surface area (Å²) in [5.41, 5.74) is 1.86. The van der Waals surface area contributed by atoms with Crippen molar-refractivity contribution in [3.05, 3.63) is 47.4 Å². The number of amides is 1. The molecule has 1 fully saturated rings. The molecule has 0 bridgehead atoms. The molecule has 2 heterocycles. The number of aryl methyl sites for hydroxylation is 2. The van der Waals surface area contributed by atoms with Gasteiger partial charge in [-0.05, 0) is 38.3 Å². The van der Waals surface area contributed by atoms with E-state index in [-0.39, 0.29) is 18.6 Å². The summed E-state index contributed by atoms with van der Waals surface area (Å²) in [5.74, 6) is 1.87. The largest absolute Gasteiger partial charge is 0.439 e. The van der Waals surface area contributed by atoms with Gasteiger partial charge in [-0.25, -0.2) is 4.98 Å². The minimum atomic E-state index is -0.123. The zero-order valence-electron chi connectivity index (χ0n) is 14.9. The molecular formula is C19H23N3O3. The molecule has 2 aromatic rings. The third-order valence-corrected chi connectivity index (χ3v) is 4.30. The third kappa shape index (κ3) is 3.96. The maximum absolute atomic E-state index is 12.2. The smallest absolute Gasteiger partial charge is 0.249 e. The van der Waals surface area contributed by atoms with Crippen LogP contribution in [0, 0.1) is 13.8 Å². The molecule has 0 radical (unpaired) electrons. The van der Waals surface area contributed by atoms with E-state index in [9.17, 15) is 4.79 Å². The van der Waals surface area contributed by atoms with Crippen LogP contribution in [0.25, 0.3) is 0 Å². The van der Waals surface area contributed by atoms with Gasteiger partial charge in [0.15, 0.2) is 5.82 Å². The predicted octanol–water partition coefficient (Wildman–Crippen LogP) is 3.20. The Labute approximate surface area is 147 Å². The quantitative estimate of drug-likeness (QED) is 0.835. The number of nitrogens with zero attached hydrogens (tertiary/aromatic N) is 3. The number of para-hydroxylation sites is 1. The highest BCUT2D eigenvalue weighted by molar-refractivity contribution is 5.78. The van der Waals surface area contributed by atoms with Crippen LogP contribution in [0.15, 0.2) is 30.3 Å².